The summed E-state index contributed by atoms with van der Waals surface area (Å²) in [6.45, 7) is 0.689. The maximum absolute atomic E-state index is 4.53. The van der Waals surface area contributed by atoms with Crippen molar-refractivity contribution in [3.05, 3.63) is 35.6 Å². The van der Waals surface area contributed by atoms with E-state index in [1.165, 1.54) is 0 Å². The van der Waals surface area contributed by atoms with Crippen LogP contribution < -0.4 is 10.6 Å². The normalized spacial score (nSPS) is 16.4. The van der Waals surface area contributed by atoms with Crippen molar-refractivity contribution in [2.45, 2.75) is 25.4 Å². The van der Waals surface area contributed by atoms with Crippen LogP contribution in [0.15, 0.2) is 34.9 Å². The molecule has 0 unspecified atom stereocenters. The molecule has 0 saturated carbocycles. The van der Waals surface area contributed by atoms with Gasteiger partial charge in [-0.3, -0.25) is 9.39 Å². The number of nitrogens with zero attached hydrogens (tertiary/aromatic N) is 3. The molecule has 2 aromatic rings. The summed E-state index contributed by atoms with van der Waals surface area (Å²) >= 11 is 1.64. The summed E-state index contributed by atoms with van der Waals surface area (Å²) in [5, 5.41) is 8.75. The summed E-state index contributed by atoms with van der Waals surface area (Å²) in [5.41, 5.74) is 1.03. The molecule has 19 heavy (non-hydrogen) atoms. The van der Waals surface area contributed by atoms with Crippen LogP contribution >= 0.6 is 11.3 Å². The van der Waals surface area contributed by atoms with Crippen molar-refractivity contribution >= 4 is 22.3 Å². The van der Waals surface area contributed by atoms with E-state index in [0.29, 0.717) is 12.6 Å². The van der Waals surface area contributed by atoms with Crippen molar-refractivity contribution < 1.29 is 0 Å². The van der Waals surface area contributed by atoms with Crippen LogP contribution in [-0.2, 0) is 6.54 Å². The van der Waals surface area contributed by atoms with Gasteiger partial charge >= 0.3 is 0 Å². The number of aliphatic imine (C=N–C) groups is 1. The van der Waals surface area contributed by atoms with E-state index in [9.17, 15) is 0 Å². The Morgan fingerprint density at radius 2 is 2.37 bits per heavy atom. The highest BCUT2D eigenvalue weighted by atomic mass is 32.1. The van der Waals surface area contributed by atoms with Gasteiger partial charge in [0.1, 0.15) is 0 Å². The third kappa shape index (κ3) is 2.78. The van der Waals surface area contributed by atoms with Gasteiger partial charge in [0.05, 0.1) is 12.2 Å². The van der Waals surface area contributed by atoms with Gasteiger partial charge in [0.25, 0.3) is 0 Å². The lowest BCUT2D eigenvalue weighted by Gasteiger charge is -2.16. The lowest BCUT2D eigenvalue weighted by atomic mass is 10.2. The summed E-state index contributed by atoms with van der Waals surface area (Å²) in [4.78, 5) is 9.81. The monoisotopic (exact) mass is 275 g/mol. The third-order valence-electron chi connectivity index (χ3n) is 3.15. The van der Waals surface area contributed by atoms with E-state index in [4.69, 9.17) is 0 Å². The Kier molecular flexibility index (Phi) is 3.50. The standard InChI is InChI=1S/C13H17N5S/c1-14-12(16-10-4-2-3-5-10)15-8-11-9-18-6-7-19-13(18)17-11/h2-3,6-7,9-10H,4-5,8H2,1H3,(H2,14,15,16). The van der Waals surface area contributed by atoms with Crippen LogP contribution in [0.4, 0.5) is 0 Å². The highest BCUT2D eigenvalue weighted by Crippen LogP contribution is 2.11. The van der Waals surface area contributed by atoms with Gasteiger partial charge in [-0.2, -0.15) is 0 Å². The molecule has 5 nitrogen and oxygen atoms in total. The van der Waals surface area contributed by atoms with E-state index in [0.717, 1.165) is 29.5 Å². The molecule has 0 fully saturated rings. The van der Waals surface area contributed by atoms with Gasteiger partial charge in [-0.1, -0.05) is 12.2 Å². The Bertz CT molecular complexity index is 573. The summed E-state index contributed by atoms with van der Waals surface area (Å²) in [7, 11) is 1.80. The number of aromatic nitrogens is 2. The molecule has 0 amide bonds. The number of guanidine groups is 1. The molecule has 2 aromatic heterocycles. The lowest BCUT2D eigenvalue weighted by Crippen LogP contribution is -2.42. The van der Waals surface area contributed by atoms with Crippen molar-refractivity contribution in [2.75, 3.05) is 7.05 Å². The summed E-state index contributed by atoms with van der Waals surface area (Å²) in [6.07, 6.45) is 10.6. The first-order valence-corrected chi connectivity index (χ1v) is 7.26. The van der Waals surface area contributed by atoms with Crippen LogP contribution in [0.5, 0.6) is 0 Å². The number of imidazole rings is 1. The predicted molar refractivity (Wildman–Crippen MR) is 78.6 cm³/mol. The minimum Gasteiger partial charge on any atom is -0.353 e. The van der Waals surface area contributed by atoms with E-state index in [2.05, 4.69) is 32.8 Å². The Balaban J connectivity index is 1.56. The van der Waals surface area contributed by atoms with E-state index in [-0.39, 0.29) is 0 Å². The highest BCUT2D eigenvalue weighted by molar-refractivity contribution is 7.15. The molecule has 0 atom stereocenters. The lowest BCUT2D eigenvalue weighted by molar-refractivity contribution is 0.632. The minimum absolute atomic E-state index is 0.469. The maximum atomic E-state index is 4.53. The first-order valence-electron chi connectivity index (χ1n) is 6.38. The van der Waals surface area contributed by atoms with Gasteiger partial charge < -0.3 is 10.6 Å². The Morgan fingerprint density at radius 1 is 1.53 bits per heavy atom. The third-order valence-corrected chi connectivity index (χ3v) is 3.92. The van der Waals surface area contributed by atoms with Crippen LogP contribution in [0.1, 0.15) is 18.5 Å². The molecule has 1 aliphatic carbocycles. The number of hydrogen-bond acceptors (Lipinski definition) is 3. The maximum Gasteiger partial charge on any atom is 0.193 e. The molecular formula is C13H17N5S. The zero-order valence-electron chi connectivity index (χ0n) is 10.8. The topological polar surface area (TPSA) is 53.7 Å². The zero-order chi connectivity index (χ0) is 13.1. The number of rotatable bonds is 3. The molecule has 0 aromatic carbocycles. The molecular weight excluding hydrogens is 258 g/mol. The van der Waals surface area contributed by atoms with E-state index in [1.54, 1.807) is 18.4 Å². The van der Waals surface area contributed by atoms with Crippen LogP contribution in [0, 0.1) is 0 Å². The summed E-state index contributed by atoms with van der Waals surface area (Å²) < 4.78 is 2.04. The fourth-order valence-corrected chi connectivity index (χ4v) is 2.88. The quantitative estimate of drug-likeness (QED) is 0.510. The summed E-state index contributed by atoms with van der Waals surface area (Å²) in [5.74, 6) is 0.838. The highest BCUT2D eigenvalue weighted by Gasteiger charge is 2.11. The molecule has 1 aliphatic rings. The zero-order valence-corrected chi connectivity index (χ0v) is 11.7. The average Bonchev–Trinajstić information content (AvgIpc) is 3.10. The Hall–Kier alpha value is -1.82. The number of fused-ring (bicyclic) bond motifs is 1. The molecule has 2 N–H and O–H groups in total. The van der Waals surface area contributed by atoms with E-state index in [1.807, 2.05) is 22.2 Å². The fraction of sp³-hybridized carbons (Fsp3) is 0.385. The summed E-state index contributed by atoms with van der Waals surface area (Å²) in [6, 6.07) is 0.469. The molecule has 3 rings (SSSR count). The largest absolute Gasteiger partial charge is 0.353 e. The van der Waals surface area contributed by atoms with Crippen molar-refractivity contribution in [1.29, 1.82) is 0 Å². The minimum atomic E-state index is 0.469. The molecule has 6 heteroatoms. The van der Waals surface area contributed by atoms with Gasteiger partial charge in [0, 0.05) is 30.9 Å². The van der Waals surface area contributed by atoms with Crippen molar-refractivity contribution in [2.24, 2.45) is 4.99 Å². The number of thiazole rings is 1. The van der Waals surface area contributed by atoms with Crippen molar-refractivity contribution in [1.82, 2.24) is 20.0 Å². The molecule has 100 valence electrons. The van der Waals surface area contributed by atoms with Gasteiger partial charge in [-0.05, 0) is 12.8 Å². The second kappa shape index (κ2) is 5.44. The molecule has 0 aliphatic heterocycles. The second-order valence-corrected chi connectivity index (χ2v) is 5.41. The van der Waals surface area contributed by atoms with Crippen LogP contribution in [0.25, 0.3) is 4.96 Å². The van der Waals surface area contributed by atoms with Gasteiger partial charge in [-0.25, -0.2) is 4.98 Å². The molecule has 0 radical (unpaired) electrons. The Morgan fingerprint density at radius 3 is 3.11 bits per heavy atom. The van der Waals surface area contributed by atoms with Crippen LogP contribution in [0.3, 0.4) is 0 Å². The molecule has 2 heterocycles. The number of hydrogen-bond donors (Lipinski definition) is 2. The molecule has 0 spiro atoms. The van der Waals surface area contributed by atoms with Crippen molar-refractivity contribution in [3.8, 4) is 0 Å². The second-order valence-electron chi connectivity index (χ2n) is 4.53. The van der Waals surface area contributed by atoms with Crippen LogP contribution in [0.2, 0.25) is 0 Å². The van der Waals surface area contributed by atoms with E-state index < -0.39 is 0 Å². The SMILES string of the molecule is CN=C(NCc1cn2ccsc2n1)NC1CC=CC1. The van der Waals surface area contributed by atoms with Crippen molar-refractivity contribution in [3.63, 3.8) is 0 Å². The average molecular weight is 275 g/mol. The van der Waals surface area contributed by atoms with Gasteiger partial charge in [0.15, 0.2) is 10.9 Å². The molecule has 0 saturated heterocycles. The predicted octanol–water partition coefficient (Wildman–Crippen LogP) is 1.78. The smallest absolute Gasteiger partial charge is 0.193 e. The van der Waals surface area contributed by atoms with Crippen LogP contribution in [-0.4, -0.2) is 28.4 Å². The first-order chi connectivity index (χ1) is 9.35. The van der Waals surface area contributed by atoms with Gasteiger partial charge in [0.2, 0.25) is 0 Å². The van der Waals surface area contributed by atoms with E-state index >= 15 is 0 Å². The number of nitrogens with one attached hydrogen (secondary N) is 2. The fourth-order valence-electron chi connectivity index (χ4n) is 2.16. The van der Waals surface area contributed by atoms with Gasteiger partial charge in [-0.15, -0.1) is 11.3 Å². The molecule has 0 bridgehead atoms. The first kappa shape index (κ1) is 12.2. The Labute approximate surface area is 116 Å².